The van der Waals surface area contributed by atoms with Crippen LogP contribution < -0.4 is 0 Å². The van der Waals surface area contributed by atoms with E-state index in [2.05, 4.69) is 6.58 Å². The molecule has 0 aliphatic carbocycles. The maximum Gasteiger partial charge on any atom is 0.333 e. The summed E-state index contributed by atoms with van der Waals surface area (Å²) in [7, 11) is 0. The number of esters is 2. The average molecular weight is 228 g/mol. The van der Waals surface area contributed by atoms with E-state index in [9.17, 15) is 9.59 Å². The third kappa shape index (κ3) is 7.04. The van der Waals surface area contributed by atoms with Crippen molar-refractivity contribution in [2.45, 2.75) is 33.6 Å². The summed E-state index contributed by atoms with van der Waals surface area (Å²) < 4.78 is 9.92. The first kappa shape index (κ1) is 14.7. The quantitative estimate of drug-likeness (QED) is 0.494. The van der Waals surface area contributed by atoms with Gasteiger partial charge in [0.25, 0.3) is 0 Å². The molecule has 0 saturated carbocycles. The van der Waals surface area contributed by atoms with Crippen LogP contribution in [0.15, 0.2) is 12.2 Å². The predicted octanol–water partition coefficient (Wildman–Crippen LogP) is 2.09. The molecule has 0 saturated heterocycles. The van der Waals surface area contributed by atoms with Gasteiger partial charge >= 0.3 is 11.9 Å². The van der Waals surface area contributed by atoms with Gasteiger partial charge < -0.3 is 9.47 Å². The lowest BCUT2D eigenvalue weighted by Crippen LogP contribution is -2.20. The van der Waals surface area contributed by atoms with Gasteiger partial charge in [0, 0.05) is 18.4 Å². The normalized spacial score (nSPS) is 11.7. The van der Waals surface area contributed by atoms with Crippen LogP contribution in [0.1, 0.15) is 33.6 Å². The minimum Gasteiger partial charge on any atom is -0.465 e. The molecule has 0 amide bonds. The van der Waals surface area contributed by atoms with Crippen molar-refractivity contribution in [3.8, 4) is 0 Å². The topological polar surface area (TPSA) is 52.6 Å². The first-order chi connectivity index (χ1) is 7.47. The molecule has 0 aromatic rings. The zero-order valence-electron chi connectivity index (χ0n) is 10.2. The lowest BCUT2D eigenvalue weighted by Gasteiger charge is -2.15. The fourth-order valence-corrected chi connectivity index (χ4v) is 1.17. The van der Waals surface area contributed by atoms with Crippen LogP contribution in [0.25, 0.3) is 0 Å². The van der Waals surface area contributed by atoms with Crippen molar-refractivity contribution in [1.29, 1.82) is 0 Å². The van der Waals surface area contributed by atoms with E-state index in [1.54, 1.807) is 6.92 Å². The first-order valence-electron chi connectivity index (χ1n) is 5.43. The molecule has 4 nitrogen and oxygen atoms in total. The molecule has 0 spiro atoms. The summed E-state index contributed by atoms with van der Waals surface area (Å²) in [6, 6.07) is 0. The smallest absolute Gasteiger partial charge is 0.333 e. The Balaban J connectivity index is 3.97. The largest absolute Gasteiger partial charge is 0.465 e. The molecular formula is C12H20O4. The summed E-state index contributed by atoms with van der Waals surface area (Å²) in [5.41, 5.74) is 0.378. The van der Waals surface area contributed by atoms with Gasteiger partial charge in [-0.1, -0.05) is 19.9 Å². The zero-order chi connectivity index (χ0) is 12.6. The number of hydrogen-bond donors (Lipinski definition) is 0. The molecule has 0 radical (unpaired) electrons. The minimum atomic E-state index is -0.399. The van der Waals surface area contributed by atoms with Crippen molar-refractivity contribution in [2.75, 3.05) is 13.2 Å². The van der Waals surface area contributed by atoms with E-state index >= 15 is 0 Å². The second-order valence-electron chi connectivity index (χ2n) is 3.84. The zero-order valence-corrected chi connectivity index (χ0v) is 10.2. The maximum atomic E-state index is 11.2. The van der Waals surface area contributed by atoms with E-state index in [4.69, 9.17) is 9.47 Å². The first-order valence-corrected chi connectivity index (χ1v) is 5.43. The molecule has 1 unspecified atom stereocenters. The Hall–Kier alpha value is -1.32. The molecule has 0 bridgehead atoms. The molecule has 16 heavy (non-hydrogen) atoms. The Morgan fingerprint density at radius 2 is 1.75 bits per heavy atom. The number of ether oxygens (including phenoxy) is 2. The molecule has 4 heteroatoms. The predicted molar refractivity (Wildman–Crippen MR) is 60.8 cm³/mol. The van der Waals surface area contributed by atoms with E-state index < -0.39 is 5.97 Å². The summed E-state index contributed by atoms with van der Waals surface area (Å²) >= 11 is 0. The third-order valence-corrected chi connectivity index (χ3v) is 2.02. The SMILES string of the molecule is C=C(C)C(=O)OCC(CCC)COC(C)=O. The third-order valence-electron chi connectivity index (χ3n) is 2.02. The van der Waals surface area contributed by atoms with Gasteiger partial charge in [-0.3, -0.25) is 4.79 Å². The highest BCUT2D eigenvalue weighted by Crippen LogP contribution is 2.09. The Labute approximate surface area is 96.6 Å². The number of rotatable bonds is 7. The van der Waals surface area contributed by atoms with E-state index in [-0.39, 0.29) is 18.5 Å². The lowest BCUT2D eigenvalue weighted by atomic mass is 10.1. The van der Waals surface area contributed by atoms with Gasteiger partial charge in [0.15, 0.2) is 0 Å². The summed E-state index contributed by atoms with van der Waals surface area (Å²) in [4.78, 5) is 21.8. The summed E-state index contributed by atoms with van der Waals surface area (Å²) in [6.07, 6.45) is 1.81. The molecule has 0 fully saturated rings. The fourth-order valence-electron chi connectivity index (χ4n) is 1.17. The standard InChI is InChI=1S/C12H20O4/c1-5-6-11(7-15-10(4)13)8-16-12(14)9(2)3/h11H,2,5-8H2,1,3-4H3. The van der Waals surface area contributed by atoms with E-state index in [0.29, 0.717) is 12.2 Å². The molecular weight excluding hydrogens is 208 g/mol. The molecule has 1 atom stereocenters. The highest BCUT2D eigenvalue weighted by Gasteiger charge is 2.13. The number of carbonyl (C=O) groups excluding carboxylic acids is 2. The van der Waals surface area contributed by atoms with Gasteiger partial charge in [-0.2, -0.15) is 0 Å². The molecule has 0 aliphatic rings. The maximum absolute atomic E-state index is 11.2. The van der Waals surface area contributed by atoms with Crippen LogP contribution in [0.2, 0.25) is 0 Å². The highest BCUT2D eigenvalue weighted by atomic mass is 16.5. The Morgan fingerprint density at radius 1 is 1.19 bits per heavy atom. The Kier molecular flexibility index (Phi) is 7.25. The van der Waals surface area contributed by atoms with Crippen LogP contribution in [-0.2, 0) is 19.1 Å². The monoisotopic (exact) mass is 228 g/mol. The van der Waals surface area contributed by atoms with Crippen LogP contribution in [0.5, 0.6) is 0 Å². The van der Waals surface area contributed by atoms with Gasteiger partial charge in [-0.15, -0.1) is 0 Å². The number of hydrogen-bond acceptors (Lipinski definition) is 4. The van der Waals surface area contributed by atoms with Crippen LogP contribution in [0.4, 0.5) is 0 Å². The molecule has 0 N–H and O–H groups in total. The molecule has 0 aromatic heterocycles. The van der Waals surface area contributed by atoms with Crippen molar-refractivity contribution >= 4 is 11.9 Å². The molecule has 0 aliphatic heterocycles. The van der Waals surface area contributed by atoms with Crippen LogP contribution in [0.3, 0.4) is 0 Å². The van der Waals surface area contributed by atoms with Crippen LogP contribution >= 0.6 is 0 Å². The second-order valence-corrected chi connectivity index (χ2v) is 3.84. The molecule has 92 valence electrons. The fraction of sp³-hybridized carbons (Fsp3) is 0.667. The van der Waals surface area contributed by atoms with Crippen molar-refractivity contribution in [1.82, 2.24) is 0 Å². The van der Waals surface area contributed by atoms with Gasteiger partial charge in [0.1, 0.15) is 0 Å². The Bertz CT molecular complexity index is 258. The molecule has 0 aromatic carbocycles. The van der Waals surface area contributed by atoms with Gasteiger partial charge in [0.2, 0.25) is 0 Å². The van der Waals surface area contributed by atoms with Crippen molar-refractivity contribution < 1.29 is 19.1 Å². The molecule has 0 heterocycles. The van der Waals surface area contributed by atoms with Gasteiger partial charge in [0.05, 0.1) is 13.2 Å². The van der Waals surface area contributed by atoms with Crippen LogP contribution in [0, 0.1) is 5.92 Å². The Morgan fingerprint density at radius 3 is 2.19 bits per heavy atom. The second kappa shape index (κ2) is 7.91. The molecule has 0 rings (SSSR count). The number of carbonyl (C=O) groups is 2. The van der Waals surface area contributed by atoms with Crippen molar-refractivity contribution in [3.63, 3.8) is 0 Å². The van der Waals surface area contributed by atoms with Gasteiger partial charge in [-0.05, 0) is 13.3 Å². The van der Waals surface area contributed by atoms with Gasteiger partial charge in [-0.25, -0.2) is 4.79 Å². The lowest BCUT2D eigenvalue weighted by molar-refractivity contribution is -0.145. The van der Waals surface area contributed by atoms with Crippen molar-refractivity contribution in [3.05, 3.63) is 12.2 Å². The minimum absolute atomic E-state index is 0.0669. The average Bonchev–Trinajstić information content (AvgIpc) is 2.21. The summed E-state index contributed by atoms with van der Waals surface area (Å²) in [6.45, 7) is 9.06. The summed E-state index contributed by atoms with van der Waals surface area (Å²) in [5.74, 6) is -0.645. The summed E-state index contributed by atoms with van der Waals surface area (Å²) in [5, 5.41) is 0. The van der Waals surface area contributed by atoms with E-state index in [1.807, 2.05) is 6.92 Å². The van der Waals surface area contributed by atoms with Crippen molar-refractivity contribution in [2.24, 2.45) is 5.92 Å². The van der Waals surface area contributed by atoms with E-state index in [1.165, 1.54) is 6.92 Å². The van der Waals surface area contributed by atoms with Crippen LogP contribution in [-0.4, -0.2) is 25.2 Å². The highest BCUT2D eigenvalue weighted by molar-refractivity contribution is 5.86. The van der Waals surface area contributed by atoms with E-state index in [0.717, 1.165) is 12.8 Å².